The number of ether oxygens (including phenoxy) is 4. The third-order valence-corrected chi connectivity index (χ3v) is 6.17. The summed E-state index contributed by atoms with van der Waals surface area (Å²) in [6.45, 7) is 0. The van der Waals surface area contributed by atoms with Crippen molar-refractivity contribution in [3.05, 3.63) is 76.1 Å². The number of carbonyl (C=O) groups excluding carboxylic acids is 1. The lowest BCUT2D eigenvalue weighted by Crippen LogP contribution is -2.22. The second kappa shape index (κ2) is 8.72. The van der Waals surface area contributed by atoms with Crippen LogP contribution in [0.5, 0.6) is 28.7 Å². The second-order valence-electron chi connectivity index (χ2n) is 8.03. The Kier molecular flexibility index (Phi) is 5.56. The van der Waals surface area contributed by atoms with Crippen LogP contribution >= 0.6 is 0 Å². The molecule has 8 heteroatoms. The van der Waals surface area contributed by atoms with Crippen LogP contribution in [0.25, 0.3) is 22.1 Å². The summed E-state index contributed by atoms with van der Waals surface area (Å²) in [6, 6.07) is 13.0. The minimum atomic E-state index is -0.521. The summed E-state index contributed by atoms with van der Waals surface area (Å²) in [5.41, 5.74) is 2.29. The zero-order valence-electron chi connectivity index (χ0n) is 19.3. The largest absolute Gasteiger partial charge is 0.508 e. The molecule has 3 aromatic carbocycles. The lowest BCUT2D eigenvalue weighted by molar-refractivity contribution is -0.135. The number of carbonyl (C=O) groups is 1. The number of hydrogen-bond donors (Lipinski definition) is 1. The SMILES string of the molecule is COc1ccc([C@H]2CC(=O)Oc3ccc4c(=O)c(-c5ccc(O)cc5)coc4c32)c(OC)c1OC. The Labute approximate surface area is 200 Å². The van der Waals surface area contributed by atoms with Gasteiger partial charge >= 0.3 is 5.97 Å². The van der Waals surface area contributed by atoms with Gasteiger partial charge in [-0.2, -0.15) is 0 Å². The number of esters is 1. The molecule has 0 aliphatic carbocycles. The molecule has 2 heterocycles. The van der Waals surface area contributed by atoms with E-state index in [-0.39, 0.29) is 17.6 Å². The lowest BCUT2D eigenvalue weighted by Gasteiger charge is -2.27. The van der Waals surface area contributed by atoms with Crippen molar-refractivity contribution in [3.8, 4) is 39.9 Å². The van der Waals surface area contributed by atoms with Gasteiger partial charge in [0.25, 0.3) is 0 Å². The van der Waals surface area contributed by atoms with Gasteiger partial charge in [0, 0.05) is 17.0 Å². The van der Waals surface area contributed by atoms with Gasteiger partial charge < -0.3 is 28.5 Å². The van der Waals surface area contributed by atoms with Crippen LogP contribution in [0, 0.1) is 0 Å². The van der Waals surface area contributed by atoms with Gasteiger partial charge in [-0.15, -0.1) is 0 Å². The highest BCUT2D eigenvalue weighted by Gasteiger charge is 2.35. The standard InChI is InChI=1S/C27H22O8/c1-31-21-11-8-16(26(32-2)27(21)33-3)18-12-22(29)35-20-10-9-17-24(30)19(13-34-25(17)23(18)20)14-4-6-15(28)7-5-14/h4-11,13,18,28H,12H2,1-3H3/t18-/m1/s1. The predicted molar refractivity (Wildman–Crippen MR) is 128 cm³/mol. The van der Waals surface area contributed by atoms with Crippen molar-refractivity contribution in [1.29, 1.82) is 0 Å². The van der Waals surface area contributed by atoms with E-state index in [1.807, 2.05) is 0 Å². The Morgan fingerprint density at radius 2 is 1.63 bits per heavy atom. The number of hydrogen-bond acceptors (Lipinski definition) is 8. The van der Waals surface area contributed by atoms with Gasteiger partial charge in [-0.25, -0.2) is 0 Å². The number of aromatic hydroxyl groups is 1. The third-order valence-electron chi connectivity index (χ3n) is 6.17. The van der Waals surface area contributed by atoms with E-state index in [0.717, 1.165) is 0 Å². The first kappa shape index (κ1) is 22.3. The molecule has 4 aromatic rings. The molecule has 0 saturated carbocycles. The number of phenols is 1. The van der Waals surface area contributed by atoms with E-state index in [1.54, 1.807) is 36.4 Å². The van der Waals surface area contributed by atoms with Crippen molar-refractivity contribution in [2.45, 2.75) is 12.3 Å². The van der Waals surface area contributed by atoms with Crippen molar-refractivity contribution >= 4 is 16.9 Å². The first-order valence-corrected chi connectivity index (χ1v) is 10.8. The Balaban J connectivity index is 1.75. The molecule has 1 atom stereocenters. The maximum atomic E-state index is 13.4. The smallest absolute Gasteiger partial charge is 0.312 e. The molecule has 5 rings (SSSR count). The summed E-state index contributed by atoms with van der Waals surface area (Å²) in [5.74, 6) is 0.767. The van der Waals surface area contributed by atoms with Crippen molar-refractivity contribution < 1.29 is 33.3 Å². The fraction of sp³-hybridized carbons (Fsp3) is 0.185. The van der Waals surface area contributed by atoms with Gasteiger partial charge in [-0.1, -0.05) is 18.2 Å². The number of rotatable bonds is 5. The van der Waals surface area contributed by atoms with E-state index in [4.69, 9.17) is 23.4 Å². The molecule has 1 N–H and O–H groups in total. The zero-order valence-corrected chi connectivity index (χ0v) is 19.3. The molecular weight excluding hydrogens is 452 g/mol. The summed E-state index contributed by atoms with van der Waals surface area (Å²) in [4.78, 5) is 25.9. The van der Waals surface area contributed by atoms with E-state index in [0.29, 0.717) is 56.2 Å². The Morgan fingerprint density at radius 3 is 2.31 bits per heavy atom. The van der Waals surface area contributed by atoms with Gasteiger partial charge in [0.2, 0.25) is 11.2 Å². The van der Waals surface area contributed by atoms with Gasteiger partial charge in [0.15, 0.2) is 11.5 Å². The summed E-state index contributed by atoms with van der Waals surface area (Å²) in [5, 5.41) is 9.92. The van der Waals surface area contributed by atoms with E-state index >= 15 is 0 Å². The molecule has 0 fully saturated rings. The van der Waals surface area contributed by atoms with Crippen LogP contribution in [0.2, 0.25) is 0 Å². The van der Waals surface area contributed by atoms with Crippen molar-refractivity contribution in [2.75, 3.05) is 21.3 Å². The Bertz CT molecular complexity index is 1500. The number of benzene rings is 3. The first-order valence-electron chi connectivity index (χ1n) is 10.8. The minimum absolute atomic E-state index is 0.0153. The highest BCUT2D eigenvalue weighted by atomic mass is 16.5. The van der Waals surface area contributed by atoms with E-state index in [2.05, 4.69) is 0 Å². The van der Waals surface area contributed by atoms with Gasteiger partial charge in [0.1, 0.15) is 23.3 Å². The molecule has 0 saturated heterocycles. The molecule has 1 aromatic heterocycles. The van der Waals surface area contributed by atoms with E-state index in [9.17, 15) is 14.7 Å². The topological polar surface area (TPSA) is 104 Å². The maximum Gasteiger partial charge on any atom is 0.312 e. The van der Waals surface area contributed by atoms with Crippen LogP contribution < -0.4 is 24.4 Å². The number of phenolic OH excluding ortho intramolecular Hbond substituents is 1. The molecule has 178 valence electrons. The molecule has 1 aliphatic rings. The molecular formula is C27H22O8. The fourth-order valence-electron chi connectivity index (χ4n) is 4.56. The Morgan fingerprint density at radius 1 is 0.886 bits per heavy atom. The van der Waals surface area contributed by atoms with Gasteiger partial charge in [-0.05, 0) is 35.9 Å². The van der Waals surface area contributed by atoms with Gasteiger partial charge in [0.05, 0.1) is 38.7 Å². The van der Waals surface area contributed by atoms with Crippen molar-refractivity contribution in [2.24, 2.45) is 0 Å². The lowest BCUT2D eigenvalue weighted by atomic mass is 9.84. The molecule has 35 heavy (non-hydrogen) atoms. The summed E-state index contributed by atoms with van der Waals surface area (Å²) in [7, 11) is 4.54. The summed E-state index contributed by atoms with van der Waals surface area (Å²) >= 11 is 0. The number of methoxy groups -OCH3 is 3. The molecule has 1 aliphatic heterocycles. The summed E-state index contributed by atoms with van der Waals surface area (Å²) < 4.78 is 28.1. The quantitative estimate of drug-likeness (QED) is 0.330. The van der Waals surface area contributed by atoms with Crippen LogP contribution in [0.1, 0.15) is 23.5 Å². The Hall–Kier alpha value is -4.46. The molecule has 0 radical (unpaired) electrons. The molecule has 8 nitrogen and oxygen atoms in total. The predicted octanol–water partition coefficient (Wildman–Crippen LogP) is 4.63. The maximum absolute atomic E-state index is 13.4. The highest BCUT2D eigenvalue weighted by molar-refractivity contribution is 5.90. The monoisotopic (exact) mass is 474 g/mol. The second-order valence-corrected chi connectivity index (χ2v) is 8.03. The average Bonchev–Trinajstić information content (AvgIpc) is 2.87. The molecule has 0 unspecified atom stereocenters. The molecule has 0 amide bonds. The van der Waals surface area contributed by atoms with Crippen LogP contribution in [-0.4, -0.2) is 32.4 Å². The first-order chi connectivity index (χ1) is 17.0. The molecule has 0 spiro atoms. The zero-order chi connectivity index (χ0) is 24.7. The van der Waals surface area contributed by atoms with Crippen LogP contribution in [0.15, 0.2) is 64.0 Å². The van der Waals surface area contributed by atoms with Crippen molar-refractivity contribution in [3.63, 3.8) is 0 Å². The van der Waals surface area contributed by atoms with Crippen LogP contribution in [0.4, 0.5) is 0 Å². The fourth-order valence-corrected chi connectivity index (χ4v) is 4.56. The van der Waals surface area contributed by atoms with Crippen molar-refractivity contribution in [1.82, 2.24) is 0 Å². The highest BCUT2D eigenvalue weighted by Crippen LogP contribution is 2.49. The van der Waals surface area contributed by atoms with Crippen LogP contribution in [-0.2, 0) is 4.79 Å². The van der Waals surface area contributed by atoms with Gasteiger partial charge in [-0.3, -0.25) is 9.59 Å². The van der Waals surface area contributed by atoms with Crippen LogP contribution in [0.3, 0.4) is 0 Å². The van der Waals surface area contributed by atoms with E-state index < -0.39 is 11.9 Å². The minimum Gasteiger partial charge on any atom is -0.508 e. The third kappa shape index (κ3) is 3.63. The number of fused-ring (bicyclic) bond motifs is 3. The normalized spacial score (nSPS) is 14.8. The van der Waals surface area contributed by atoms with E-state index in [1.165, 1.54) is 39.7 Å². The average molecular weight is 474 g/mol. The molecule has 0 bridgehead atoms. The summed E-state index contributed by atoms with van der Waals surface area (Å²) in [6.07, 6.45) is 1.40.